The van der Waals surface area contributed by atoms with Gasteiger partial charge in [0.25, 0.3) is 0 Å². The molecule has 0 radical (unpaired) electrons. The van der Waals surface area contributed by atoms with Crippen LogP contribution in [0.25, 0.3) is 0 Å². The smallest absolute Gasteiger partial charge is 0.138 e. The van der Waals surface area contributed by atoms with Crippen molar-refractivity contribution in [3.63, 3.8) is 0 Å². The normalized spacial score (nSPS) is 12.6. The minimum Gasteiger partial charge on any atom is -0.313 e. The molecule has 0 fully saturated rings. The van der Waals surface area contributed by atoms with Crippen molar-refractivity contribution in [1.82, 2.24) is 20.1 Å². The second-order valence-electron chi connectivity index (χ2n) is 4.54. The Morgan fingerprint density at radius 1 is 1.42 bits per heavy atom. The van der Waals surface area contributed by atoms with Crippen LogP contribution in [-0.2, 0) is 13.0 Å². The van der Waals surface area contributed by atoms with Gasteiger partial charge in [-0.05, 0) is 44.2 Å². The highest BCUT2D eigenvalue weighted by molar-refractivity contribution is 6.30. The third-order valence-corrected chi connectivity index (χ3v) is 3.57. The van der Waals surface area contributed by atoms with E-state index in [1.807, 2.05) is 23.9 Å². The summed E-state index contributed by atoms with van der Waals surface area (Å²) in [5, 5.41) is 8.32. The Labute approximate surface area is 118 Å². The average Bonchev–Trinajstić information content (AvgIpc) is 2.84. The quantitative estimate of drug-likeness (QED) is 0.914. The summed E-state index contributed by atoms with van der Waals surface area (Å²) in [5.41, 5.74) is 2.44. The third kappa shape index (κ3) is 3.14. The number of hydrogen-bond donors (Lipinski definition) is 1. The Kier molecular flexibility index (Phi) is 4.56. The molecule has 102 valence electrons. The van der Waals surface area contributed by atoms with Crippen LogP contribution >= 0.6 is 11.6 Å². The lowest BCUT2D eigenvalue weighted by Crippen LogP contribution is -2.22. The topological polar surface area (TPSA) is 42.7 Å². The van der Waals surface area contributed by atoms with E-state index in [1.165, 1.54) is 11.1 Å². The van der Waals surface area contributed by atoms with Crippen LogP contribution in [0.3, 0.4) is 0 Å². The van der Waals surface area contributed by atoms with Crippen molar-refractivity contribution in [2.45, 2.75) is 32.9 Å². The molecular weight excluding hydrogens is 260 g/mol. The first-order valence-corrected chi connectivity index (χ1v) is 6.83. The van der Waals surface area contributed by atoms with Crippen LogP contribution in [0.2, 0.25) is 5.02 Å². The molecule has 1 aromatic carbocycles. The summed E-state index contributed by atoms with van der Waals surface area (Å²) in [6.45, 7) is 4.99. The van der Waals surface area contributed by atoms with Gasteiger partial charge in [-0.15, -0.1) is 0 Å². The molecule has 1 unspecified atom stereocenters. The van der Waals surface area contributed by atoms with Gasteiger partial charge in [-0.3, -0.25) is 4.68 Å². The van der Waals surface area contributed by atoms with E-state index < -0.39 is 0 Å². The zero-order valence-electron chi connectivity index (χ0n) is 11.5. The lowest BCUT2D eigenvalue weighted by atomic mass is 9.98. The Morgan fingerprint density at radius 3 is 2.84 bits per heavy atom. The van der Waals surface area contributed by atoms with Crippen molar-refractivity contribution in [3.8, 4) is 0 Å². The largest absolute Gasteiger partial charge is 0.313 e. The van der Waals surface area contributed by atoms with E-state index in [9.17, 15) is 0 Å². The first-order chi connectivity index (χ1) is 9.15. The molecule has 0 spiro atoms. The molecule has 1 aromatic heterocycles. The van der Waals surface area contributed by atoms with E-state index in [0.29, 0.717) is 0 Å². The van der Waals surface area contributed by atoms with Gasteiger partial charge >= 0.3 is 0 Å². The van der Waals surface area contributed by atoms with Gasteiger partial charge in [-0.1, -0.05) is 17.7 Å². The number of halogens is 1. The fourth-order valence-electron chi connectivity index (χ4n) is 2.29. The number of aromatic nitrogens is 3. The van der Waals surface area contributed by atoms with Crippen molar-refractivity contribution in [3.05, 3.63) is 46.5 Å². The zero-order valence-corrected chi connectivity index (χ0v) is 12.3. The predicted octanol–water partition coefficient (Wildman–Crippen LogP) is 2.76. The maximum absolute atomic E-state index is 6.01. The summed E-state index contributed by atoms with van der Waals surface area (Å²) in [5.74, 6) is 0.996. The molecule has 4 nitrogen and oxygen atoms in total. The van der Waals surface area contributed by atoms with Crippen molar-refractivity contribution in [2.75, 3.05) is 7.05 Å². The molecule has 1 N–H and O–H groups in total. The average molecular weight is 279 g/mol. The Morgan fingerprint density at radius 2 is 2.21 bits per heavy atom. The number of aryl methyl sites for hydroxylation is 2. The van der Waals surface area contributed by atoms with Gasteiger partial charge < -0.3 is 5.32 Å². The van der Waals surface area contributed by atoms with Gasteiger partial charge in [0.15, 0.2) is 0 Å². The predicted molar refractivity (Wildman–Crippen MR) is 77.4 cm³/mol. The van der Waals surface area contributed by atoms with Gasteiger partial charge in [0.1, 0.15) is 12.2 Å². The third-order valence-electron chi connectivity index (χ3n) is 3.34. The van der Waals surface area contributed by atoms with E-state index >= 15 is 0 Å². The number of nitrogens with one attached hydrogen (secondary N) is 1. The van der Waals surface area contributed by atoms with Crippen molar-refractivity contribution < 1.29 is 0 Å². The Bertz CT molecular complexity index is 550. The van der Waals surface area contributed by atoms with E-state index in [-0.39, 0.29) is 6.04 Å². The summed E-state index contributed by atoms with van der Waals surface area (Å²) >= 11 is 6.01. The van der Waals surface area contributed by atoms with Crippen molar-refractivity contribution in [2.24, 2.45) is 0 Å². The van der Waals surface area contributed by atoms with E-state index in [2.05, 4.69) is 35.3 Å². The lowest BCUT2D eigenvalue weighted by Gasteiger charge is -2.19. The zero-order chi connectivity index (χ0) is 13.8. The maximum Gasteiger partial charge on any atom is 0.138 e. The highest BCUT2D eigenvalue weighted by atomic mass is 35.5. The van der Waals surface area contributed by atoms with Gasteiger partial charge in [0.05, 0.1) is 0 Å². The highest BCUT2D eigenvalue weighted by Gasteiger charge is 2.15. The van der Waals surface area contributed by atoms with Gasteiger partial charge in [0.2, 0.25) is 0 Å². The molecule has 0 amide bonds. The first kappa shape index (κ1) is 14.0. The Hall–Kier alpha value is -1.39. The van der Waals surface area contributed by atoms with Gasteiger partial charge in [0, 0.05) is 24.0 Å². The molecule has 0 aliphatic rings. The van der Waals surface area contributed by atoms with E-state index in [4.69, 9.17) is 11.6 Å². The molecule has 0 saturated carbocycles. The summed E-state index contributed by atoms with van der Waals surface area (Å²) in [4.78, 5) is 4.33. The second-order valence-corrected chi connectivity index (χ2v) is 4.97. The van der Waals surface area contributed by atoms with Crippen LogP contribution in [-0.4, -0.2) is 21.8 Å². The molecule has 0 aliphatic carbocycles. The molecule has 0 saturated heterocycles. The number of benzene rings is 1. The number of rotatable bonds is 5. The van der Waals surface area contributed by atoms with Gasteiger partial charge in [-0.25, -0.2) is 4.98 Å². The van der Waals surface area contributed by atoms with Crippen LogP contribution in [0.1, 0.15) is 29.9 Å². The molecule has 2 aromatic rings. The molecule has 1 atom stereocenters. The van der Waals surface area contributed by atoms with Crippen LogP contribution < -0.4 is 5.32 Å². The monoisotopic (exact) mass is 278 g/mol. The summed E-state index contributed by atoms with van der Waals surface area (Å²) in [6.07, 6.45) is 2.42. The molecule has 5 heteroatoms. The van der Waals surface area contributed by atoms with Crippen LogP contribution in [0.15, 0.2) is 24.5 Å². The minimum absolute atomic E-state index is 0.215. The number of nitrogens with zero attached hydrogens (tertiary/aromatic N) is 3. The Balaban J connectivity index is 2.25. The molecular formula is C14H19ClN4. The molecule has 0 aliphatic heterocycles. The van der Waals surface area contributed by atoms with Crippen LogP contribution in [0.5, 0.6) is 0 Å². The maximum atomic E-state index is 6.01. The molecule has 0 bridgehead atoms. The SMILES string of the molecule is CCn1ncnc1CC(NC)c1ccc(Cl)cc1C. The van der Waals surface area contributed by atoms with Crippen LogP contribution in [0.4, 0.5) is 0 Å². The highest BCUT2D eigenvalue weighted by Crippen LogP contribution is 2.23. The summed E-state index contributed by atoms with van der Waals surface area (Å²) < 4.78 is 1.93. The standard InChI is InChI=1S/C14H19ClN4/c1-4-19-14(17-9-18-19)8-13(16-3)12-6-5-11(15)7-10(12)2/h5-7,9,13,16H,4,8H2,1-3H3. The van der Waals surface area contributed by atoms with E-state index in [1.54, 1.807) is 6.33 Å². The van der Waals surface area contributed by atoms with Crippen molar-refractivity contribution >= 4 is 11.6 Å². The second kappa shape index (κ2) is 6.17. The van der Waals surface area contributed by atoms with Gasteiger partial charge in [-0.2, -0.15) is 5.10 Å². The fourth-order valence-corrected chi connectivity index (χ4v) is 2.52. The van der Waals surface area contributed by atoms with Crippen LogP contribution in [0, 0.1) is 6.92 Å². The first-order valence-electron chi connectivity index (χ1n) is 6.45. The molecule has 1 heterocycles. The van der Waals surface area contributed by atoms with Crippen molar-refractivity contribution in [1.29, 1.82) is 0 Å². The molecule has 2 rings (SSSR count). The molecule has 19 heavy (non-hydrogen) atoms. The lowest BCUT2D eigenvalue weighted by molar-refractivity contribution is 0.532. The van der Waals surface area contributed by atoms with E-state index in [0.717, 1.165) is 23.8 Å². The summed E-state index contributed by atoms with van der Waals surface area (Å²) in [6, 6.07) is 6.21. The number of likely N-dealkylation sites (N-methyl/N-ethyl adjacent to an activating group) is 1. The minimum atomic E-state index is 0.215. The number of hydrogen-bond acceptors (Lipinski definition) is 3. The fraction of sp³-hybridized carbons (Fsp3) is 0.429. The summed E-state index contributed by atoms with van der Waals surface area (Å²) in [7, 11) is 1.96.